The quantitative estimate of drug-likeness (QED) is 0.367. The van der Waals surface area contributed by atoms with Crippen LogP contribution in [-0.2, 0) is 9.53 Å². The van der Waals surface area contributed by atoms with Gasteiger partial charge < -0.3 is 20.3 Å². The number of rotatable bonds is 8. The molecule has 0 aromatic heterocycles. The number of nitrogens with zero attached hydrogens (tertiary/aromatic N) is 1. The average Bonchev–Trinajstić information content (AvgIpc) is 3.86. The van der Waals surface area contributed by atoms with Gasteiger partial charge in [-0.1, -0.05) is 54.6 Å². The molecule has 2 amide bonds. The van der Waals surface area contributed by atoms with E-state index in [4.69, 9.17) is 4.74 Å². The summed E-state index contributed by atoms with van der Waals surface area (Å²) < 4.78 is 17.6. The Balaban J connectivity index is 0.000000225. The first-order valence-electron chi connectivity index (χ1n) is 13.7. The SMILES string of the molecule is CNCCSC.Fc1ccc(C2CC2)cc1.O=C(NCC(=O)N1CCOCC1)c1ccc(-c2ccccc2)cc1. The number of nitrogens with one attached hydrogen (secondary N) is 2. The first-order valence-corrected chi connectivity index (χ1v) is 15.1. The number of morpholine rings is 1. The largest absolute Gasteiger partial charge is 0.378 e. The van der Waals surface area contributed by atoms with Crippen molar-refractivity contribution in [2.75, 3.05) is 58.4 Å². The van der Waals surface area contributed by atoms with Gasteiger partial charge >= 0.3 is 0 Å². The molecule has 2 fully saturated rings. The van der Waals surface area contributed by atoms with Gasteiger partial charge in [-0.3, -0.25) is 9.59 Å². The van der Waals surface area contributed by atoms with Crippen LogP contribution in [0.5, 0.6) is 0 Å². The standard InChI is InChI=1S/C19H20N2O3.C9H9F.C4H11NS/c22-18(21-10-12-24-13-11-21)14-20-19(23)17-8-6-16(7-9-17)15-4-2-1-3-5-15;10-9-5-3-8(4-6-9)7-1-2-7;1-5-3-4-6-2/h1-9H,10-14H2,(H,20,23);3-7H,1-2H2;5H,3-4H2,1-2H3. The Labute approximate surface area is 241 Å². The van der Waals surface area contributed by atoms with Crippen LogP contribution in [0, 0.1) is 5.82 Å². The van der Waals surface area contributed by atoms with E-state index < -0.39 is 0 Å². The molecule has 1 aliphatic heterocycles. The Bertz CT molecular complexity index is 1150. The number of thioether (sulfide) groups is 1. The molecule has 3 aromatic rings. The summed E-state index contributed by atoms with van der Waals surface area (Å²) in [6, 6.07) is 24.2. The number of carbonyl (C=O) groups excluding carboxylic acids is 2. The summed E-state index contributed by atoms with van der Waals surface area (Å²) in [6.07, 6.45) is 4.68. The van der Waals surface area contributed by atoms with Crippen LogP contribution in [0.1, 0.15) is 34.7 Å². The van der Waals surface area contributed by atoms with Crippen LogP contribution in [0.4, 0.5) is 4.39 Å². The molecule has 40 heavy (non-hydrogen) atoms. The van der Waals surface area contributed by atoms with E-state index in [9.17, 15) is 14.0 Å². The van der Waals surface area contributed by atoms with Crippen LogP contribution < -0.4 is 10.6 Å². The number of amides is 2. The highest BCUT2D eigenvalue weighted by atomic mass is 32.2. The van der Waals surface area contributed by atoms with Crippen LogP contribution in [0.25, 0.3) is 11.1 Å². The molecule has 3 aromatic carbocycles. The van der Waals surface area contributed by atoms with Gasteiger partial charge in [-0.05, 0) is 73.0 Å². The summed E-state index contributed by atoms with van der Waals surface area (Å²) in [5.41, 5.74) is 3.99. The van der Waals surface area contributed by atoms with Gasteiger partial charge in [0.05, 0.1) is 19.8 Å². The molecule has 2 N–H and O–H groups in total. The van der Waals surface area contributed by atoms with E-state index in [0.29, 0.717) is 31.9 Å². The summed E-state index contributed by atoms with van der Waals surface area (Å²) in [4.78, 5) is 25.9. The first-order chi connectivity index (χ1) is 19.5. The van der Waals surface area contributed by atoms with Crippen LogP contribution in [-0.4, -0.2) is 75.2 Å². The number of ether oxygens (including phenoxy) is 1. The average molecular weight is 566 g/mol. The molecule has 1 aliphatic carbocycles. The molecule has 0 unspecified atom stereocenters. The molecular weight excluding hydrogens is 525 g/mol. The molecule has 0 radical (unpaired) electrons. The smallest absolute Gasteiger partial charge is 0.251 e. The summed E-state index contributed by atoms with van der Waals surface area (Å²) in [6.45, 7) is 3.42. The van der Waals surface area contributed by atoms with Gasteiger partial charge in [-0.25, -0.2) is 4.39 Å². The minimum absolute atomic E-state index is 0.0132. The molecule has 5 rings (SSSR count). The molecule has 1 saturated heterocycles. The second-order valence-corrected chi connectivity index (χ2v) is 10.5. The fraction of sp³-hybridized carbons (Fsp3) is 0.375. The fourth-order valence-electron chi connectivity index (χ4n) is 3.98. The van der Waals surface area contributed by atoms with Crippen LogP contribution in [0.2, 0.25) is 0 Å². The lowest BCUT2D eigenvalue weighted by molar-refractivity contribution is -0.134. The second kappa shape index (κ2) is 17.5. The van der Waals surface area contributed by atoms with Gasteiger partial charge in [-0.15, -0.1) is 0 Å². The van der Waals surface area contributed by atoms with Crippen LogP contribution in [0.3, 0.4) is 0 Å². The Hall–Kier alpha value is -3.20. The number of benzene rings is 3. The number of hydrogen-bond acceptors (Lipinski definition) is 5. The van der Waals surface area contributed by atoms with Crippen molar-refractivity contribution in [3.05, 3.63) is 95.8 Å². The number of halogens is 1. The molecular formula is C32H40FN3O3S. The van der Waals surface area contributed by atoms with E-state index in [1.165, 1.54) is 36.3 Å². The fourth-order valence-corrected chi connectivity index (χ4v) is 4.39. The Kier molecular flexibility index (Phi) is 13.7. The molecule has 1 heterocycles. The summed E-state index contributed by atoms with van der Waals surface area (Å²) >= 11 is 1.86. The third-order valence-corrected chi connectivity index (χ3v) is 7.11. The van der Waals surface area contributed by atoms with E-state index >= 15 is 0 Å². The molecule has 8 heteroatoms. The second-order valence-electron chi connectivity index (χ2n) is 9.54. The predicted octanol–water partition coefficient (Wildman–Crippen LogP) is 5.21. The summed E-state index contributed by atoms with van der Waals surface area (Å²) in [7, 11) is 1.97. The highest BCUT2D eigenvalue weighted by molar-refractivity contribution is 7.98. The maximum Gasteiger partial charge on any atom is 0.251 e. The normalized spacial score (nSPS) is 14.2. The molecule has 214 valence electrons. The monoisotopic (exact) mass is 565 g/mol. The third kappa shape index (κ3) is 11.1. The van der Waals surface area contributed by atoms with E-state index in [1.807, 2.05) is 73.4 Å². The number of carbonyl (C=O) groups is 2. The van der Waals surface area contributed by atoms with Crippen molar-refractivity contribution in [3.63, 3.8) is 0 Å². The van der Waals surface area contributed by atoms with Crippen molar-refractivity contribution in [3.8, 4) is 11.1 Å². The minimum Gasteiger partial charge on any atom is -0.378 e. The zero-order valence-corrected chi connectivity index (χ0v) is 24.2. The Morgan fingerprint density at radius 2 is 1.55 bits per heavy atom. The first kappa shape index (κ1) is 31.3. The topological polar surface area (TPSA) is 70.7 Å². The highest BCUT2D eigenvalue weighted by Crippen LogP contribution is 2.39. The maximum absolute atomic E-state index is 12.4. The summed E-state index contributed by atoms with van der Waals surface area (Å²) in [5, 5.41) is 5.73. The molecule has 2 aliphatic rings. The van der Waals surface area contributed by atoms with E-state index in [0.717, 1.165) is 23.6 Å². The lowest BCUT2D eigenvalue weighted by atomic mass is 10.0. The third-order valence-electron chi connectivity index (χ3n) is 6.49. The molecule has 0 bridgehead atoms. The Morgan fingerprint density at radius 1 is 0.925 bits per heavy atom. The van der Waals surface area contributed by atoms with Gasteiger partial charge in [0.15, 0.2) is 0 Å². The van der Waals surface area contributed by atoms with Gasteiger partial charge in [0.2, 0.25) is 5.91 Å². The molecule has 0 spiro atoms. The lowest BCUT2D eigenvalue weighted by Gasteiger charge is -2.26. The van der Waals surface area contributed by atoms with Crippen molar-refractivity contribution in [1.82, 2.24) is 15.5 Å². The van der Waals surface area contributed by atoms with Crippen LogP contribution >= 0.6 is 11.8 Å². The number of hydrogen-bond donors (Lipinski definition) is 2. The zero-order chi connectivity index (χ0) is 28.6. The molecule has 1 saturated carbocycles. The van der Waals surface area contributed by atoms with Crippen molar-refractivity contribution >= 4 is 23.6 Å². The van der Waals surface area contributed by atoms with E-state index in [2.05, 4.69) is 16.9 Å². The Morgan fingerprint density at radius 3 is 2.10 bits per heavy atom. The summed E-state index contributed by atoms with van der Waals surface area (Å²) in [5.74, 6) is 1.50. The van der Waals surface area contributed by atoms with Gasteiger partial charge in [0.1, 0.15) is 5.82 Å². The van der Waals surface area contributed by atoms with Gasteiger partial charge in [0.25, 0.3) is 5.91 Å². The zero-order valence-electron chi connectivity index (χ0n) is 23.4. The van der Waals surface area contributed by atoms with Crippen molar-refractivity contribution in [2.45, 2.75) is 18.8 Å². The van der Waals surface area contributed by atoms with Crippen molar-refractivity contribution in [1.29, 1.82) is 0 Å². The molecule has 0 atom stereocenters. The minimum atomic E-state index is -0.240. The van der Waals surface area contributed by atoms with E-state index in [-0.39, 0.29) is 24.2 Å². The maximum atomic E-state index is 12.4. The van der Waals surface area contributed by atoms with E-state index in [1.54, 1.807) is 17.0 Å². The molecule has 6 nitrogen and oxygen atoms in total. The van der Waals surface area contributed by atoms with Crippen molar-refractivity contribution < 1.29 is 18.7 Å². The van der Waals surface area contributed by atoms with Gasteiger partial charge in [-0.2, -0.15) is 11.8 Å². The lowest BCUT2D eigenvalue weighted by Crippen LogP contribution is -2.45. The highest BCUT2D eigenvalue weighted by Gasteiger charge is 2.22. The van der Waals surface area contributed by atoms with Crippen molar-refractivity contribution in [2.24, 2.45) is 0 Å². The van der Waals surface area contributed by atoms with Crippen LogP contribution in [0.15, 0.2) is 78.9 Å². The predicted molar refractivity (Wildman–Crippen MR) is 162 cm³/mol. The van der Waals surface area contributed by atoms with Gasteiger partial charge in [0, 0.05) is 31.0 Å².